The quantitative estimate of drug-likeness (QED) is 0.343. The van der Waals surface area contributed by atoms with Crippen LogP contribution in [0.2, 0.25) is 0 Å². The van der Waals surface area contributed by atoms with Crippen molar-refractivity contribution in [2.75, 3.05) is 0 Å². The number of carbonyl (C=O) groups is 2. The average Bonchev–Trinajstić information content (AvgIpc) is 1.25. The molecule has 0 fully saturated rings. The van der Waals surface area contributed by atoms with E-state index >= 15 is 0 Å². The van der Waals surface area contributed by atoms with Crippen molar-refractivity contribution in [3.8, 4) is 0 Å². The molecular formula is C2CaNaO6-. The first-order valence-electron chi connectivity index (χ1n) is 1.22. The normalized spacial score (nSPS) is 4.80. The molecule has 0 aromatic carbocycles. The molecule has 0 rings (SSSR count). The van der Waals surface area contributed by atoms with Gasteiger partial charge in [-0.2, -0.15) is 0 Å². The van der Waals surface area contributed by atoms with E-state index in [1.165, 1.54) is 0 Å². The molecule has 0 amide bonds. The zero-order valence-electron chi connectivity index (χ0n) is 5.16. The summed E-state index contributed by atoms with van der Waals surface area (Å²) in [6, 6.07) is 0. The van der Waals surface area contributed by atoms with Gasteiger partial charge in [0.1, 0.15) is 0 Å². The predicted octanol–water partition coefficient (Wildman–Crippen LogP) is -8.27. The average molecular weight is 183 g/mol. The van der Waals surface area contributed by atoms with Gasteiger partial charge in [0.05, 0.1) is 0 Å². The Hall–Kier alpha value is 0.800. The molecule has 0 saturated heterocycles. The van der Waals surface area contributed by atoms with Gasteiger partial charge in [0, 0.05) is 0 Å². The van der Waals surface area contributed by atoms with Gasteiger partial charge in [-0.15, -0.1) is 0 Å². The zero-order chi connectivity index (χ0) is 7.15. The van der Waals surface area contributed by atoms with Crippen LogP contribution in [0.15, 0.2) is 0 Å². The van der Waals surface area contributed by atoms with Crippen LogP contribution >= 0.6 is 0 Å². The summed E-state index contributed by atoms with van der Waals surface area (Å²) in [5.41, 5.74) is 0. The predicted molar refractivity (Wildman–Crippen MR) is 16.5 cm³/mol. The van der Waals surface area contributed by atoms with E-state index in [1.54, 1.807) is 0 Å². The summed E-state index contributed by atoms with van der Waals surface area (Å²) >= 11 is 0. The largest absolute Gasteiger partial charge is 2.00 e. The van der Waals surface area contributed by atoms with Crippen molar-refractivity contribution in [1.82, 2.24) is 0 Å². The molecule has 8 heteroatoms. The molecule has 10 heavy (non-hydrogen) atoms. The Bertz CT molecular complexity index is 73.7. The molecule has 0 bridgehead atoms. The molecule has 0 N–H and O–H groups in total. The first-order chi connectivity index (χ1) is 3.46. The van der Waals surface area contributed by atoms with Crippen molar-refractivity contribution in [3.05, 3.63) is 0 Å². The number of carboxylic acid groups (broad SMARTS) is 4. The molecule has 0 unspecified atom stereocenters. The monoisotopic (exact) mass is 183 g/mol. The van der Waals surface area contributed by atoms with Crippen molar-refractivity contribution in [2.45, 2.75) is 0 Å². The summed E-state index contributed by atoms with van der Waals surface area (Å²) in [5.74, 6) is 0. The Morgan fingerprint density at radius 1 is 0.800 bits per heavy atom. The van der Waals surface area contributed by atoms with Gasteiger partial charge in [-0.25, -0.2) is 0 Å². The fraction of sp³-hybridized carbons (Fsp3) is 0. The standard InChI is InChI=1S/2CH2O3.Ca.Na/c2*2-1(3)4;;/h2*(H2,2,3,4);;/q;;+2;+1/p-4. The Morgan fingerprint density at radius 3 is 0.800 bits per heavy atom. The van der Waals surface area contributed by atoms with Crippen LogP contribution in [0.3, 0.4) is 0 Å². The summed E-state index contributed by atoms with van der Waals surface area (Å²) in [4.78, 5) is 16.7. The first-order valence-corrected chi connectivity index (χ1v) is 1.22. The number of hydrogen-bond donors (Lipinski definition) is 0. The van der Waals surface area contributed by atoms with Crippen molar-refractivity contribution in [1.29, 1.82) is 0 Å². The van der Waals surface area contributed by atoms with Crippen LogP contribution in [0.4, 0.5) is 9.59 Å². The van der Waals surface area contributed by atoms with E-state index in [0.29, 0.717) is 0 Å². The van der Waals surface area contributed by atoms with Crippen molar-refractivity contribution >= 4 is 50.0 Å². The first kappa shape index (κ1) is 22.4. The van der Waals surface area contributed by atoms with E-state index in [4.69, 9.17) is 30.0 Å². The maximum Gasteiger partial charge on any atom is 2.00 e. The minimum atomic E-state index is -2.33. The summed E-state index contributed by atoms with van der Waals surface area (Å²) in [6.45, 7) is 0. The van der Waals surface area contributed by atoms with Crippen LogP contribution in [0.5, 0.6) is 0 Å². The number of rotatable bonds is 0. The maximum atomic E-state index is 8.33. The smallest absolute Gasteiger partial charge is 0.652 e. The van der Waals surface area contributed by atoms with Gasteiger partial charge in [0.15, 0.2) is 0 Å². The van der Waals surface area contributed by atoms with E-state index < -0.39 is 12.3 Å². The topological polar surface area (TPSA) is 126 Å². The van der Waals surface area contributed by atoms with E-state index in [2.05, 4.69) is 0 Å². The molecule has 0 aromatic rings. The molecule has 0 atom stereocenters. The Balaban J connectivity index is -0.0000000300. The number of hydrogen-bond acceptors (Lipinski definition) is 6. The van der Waals surface area contributed by atoms with Gasteiger partial charge >= 0.3 is 67.3 Å². The molecule has 0 spiro atoms. The second-order valence-corrected chi connectivity index (χ2v) is 0.500. The molecule has 0 heterocycles. The van der Waals surface area contributed by atoms with Crippen LogP contribution < -0.4 is 50.0 Å². The summed E-state index contributed by atoms with van der Waals surface area (Å²) in [6.07, 6.45) is -4.67. The summed E-state index contributed by atoms with van der Waals surface area (Å²) < 4.78 is 0. The van der Waals surface area contributed by atoms with Gasteiger partial charge in [-0.3, -0.25) is 0 Å². The van der Waals surface area contributed by atoms with E-state index in [9.17, 15) is 0 Å². The van der Waals surface area contributed by atoms with Crippen LogP contribution in [0.25, 0.3) is 0 Å². The van der Waals surface area contributed by atoms with Crippen LogP contribution in [0.1, 0.15) is 0 Å². The van der Waals surface area contributed by atoms with Gasteiger partial charge in [0.25, 0.3) is 0 Å². The number of carbonyl (C=O) groups excluding carboxylic acids is 2. The van der Waals surface area contributed by atoms with Gasteiger partial charge in [0.2, 0.25) is 0 Å². The van der Waals surface area contributed by atoms with E-state index in [0.717, 1.165) is 0 Å². The van der Waals surface area contributed by atoms with Gasteiger partial charge in [-0.05, 0) is 12.3 Å². The fourth-order valence-electron chi connectivity index (χ4n) is 0. The van der Waals surface area contributed by atoms with Gasteiger partial charge in [-0.1, -0.05) is 0 Å². The van der Waals surface area contributed by atoms with Crippen molar-refractivity contribution < 1.29 is 59.6 Å². The SMILES string of the molecule is O=C([O-])[O-].O=C([O-])[O-].[Ca+2].[Na+]. The molecule has 0 aliphatic rings. The minimum Gasteiger partial charge on any atom is -0.652 e. The Morgan fingerprint density at radius 2 is 0.800 bits per heavy atom. The Labute approximate surface area is 108 Å². The van der Waals surface area contributed by atoms with Crippen LogP contribution in [-0.4, -0.2) is 50.0 Å². The van der Waals surface area contributed by atoms with Crippen molar-refractivity contribution in [2.24, 2.45) is 0 Å². The third-order valence-corrected chi connectivity index (χ3v) is 0. The van der Waals surface area contributed by atoms with Gasteiger partial charge < -0.3 is 30.0 Å². The molecular weight excluding hydrogens is 183 g/mol. The van der Waals surface area contributed by atoms with E-state index in [-0.39, 0.29) is 67.3 Å². The third-order valence-electron chi connectivity index (χ3n) is 0. The Kier molecular flexibility index (Phi) is 36.8. The minimum absolute atomic E-state index is 0. The third kappa shape index (κ3) is 837. The van der Waals surface area contributed by atoms with Crippen LogP contribution in [-0.2, 0) is 0 Å². The second kappa shape index (κ2) is 16.4. The zero-order valence-corrected chi connectivity index (χ0v) is 9.36. The summed E-state index contributed by atoms with van der Waals surface area (Å²) in [5, 5.41) is 33.3. The molecule has 6 nitrogen and oxygen atoms in total. The molecule has 0 saturated carbocycles. The van der Waals surface area contributed by atoms with Crippen molar-refractivity contribution in [3.63, 3.8) is 0 Å². The molecule has 0 aromatic heterocycles. The van der Waals surface area contributed by atoms with Crippen LogP contribution in [0, 0.1) is 0 Å². The summed E-state index contributed by atoms with van der Waals surface area (Å²) in [7, 11) is 0. The molecule has 0 aliphatic heterocycles. The molecule has 0 radical (unpaired) electrons. The fourth-order valence-corrected chi connectivity index (χ4v) is 0. The van der Waals surface area contributed by atoms with E-state index in [1.807, 2.05) is 0 Å². The molecule has 0 aliphatic carbocycles. The molecule has 48 valence electrons. The second-order valence-electron chi connectivity index (χ2n) is 0.500. The maximum absolute atomic E-state index is 8.33.